The lowest BCUT2D eigenvalue weighted by atomic mass is 10.1. The first kappa shape index (κ1) is 27.6. The van der Waals surface area contributed by atoms with Crippen molar-refractivity contribution in [2.75, 3.05) is 81.0 Å². The Labute approximate surface area is 247 Å². The number of pyridine rings is 2. The van der Waals surface area contributed by atoms with E-state index in [1.54, 1.807) is 6.33 Å². The molecule has 0 amide bonds. The molecule has 216 valence electrons. The fourth-order valence-corrected chi connectivity index (χ4v) is 5.59. The topological polar surface area (TPSA) is 80.7 Å². The highest BCUT2D eigenvalue weighted by Gasteiger charge is 2.22. The lowest BCUT2D eigenvalue weighted by Gasteiger charge is -2.32. The van der Waals surface area contributed by atoms with Crippen LogP contribution in [0.4, 0.5) is 34.6 Å². The Kier molecular flexibility index (Phi) is 7.24. The quantitative estimate of drug-likeness (QED) is 0.284. The van der Waals surface area contributed by atoms with Crippen molar-refractivity contribution in [2.45, 2.75) is 13.8 Å². The lowest BCUT2D eigenvalue weighted by Crippen LogP contribution is -2.45. The molecule has 4 heterocycles. The molecule has 1 aliphatic heterocycles. The molecule has 42 heavy (non-hydrogen) atoms. The van der Waals surface area contributed by atoms with Crippen molar-refractivity contribution >= 4 is 56.5 Å². The van der Waals surface area contributed by atoms with Crippen molar-refractivity contribution in [3.8, 4) is 0 Å². The molecule has 0 bridgehead atoms. The molecule has 1 fully saturated rings. The highest BCUT2D eigenvalue weighted by Crippen LogP contribution is 2.39. The van der Waals surface area contributed by atoms with Crippen molar-refractivity contribution in [1.29, 1.82) is 0 Å². The van der Waals surface area contributed by atoms with E-state index >= 15 is 0 Å². The third kappa shape index (κ3) is 5.25. The van der Waals surface area contributed by atoms with Gasteiger partial charge in [-0.2, -0.15) is 4.98 Å². The number of piperazine rings is 1. The van der Waals surface area contributed by atoms with E-state index in [9.17, 15) is 0 Å². The van der Waals surface area contributed by atoms with Crippen molar-refractivity contribution < 1.29 is 0 Å². The van der Waals surface area contributed by atoms with E-state index in [2.05, 4.69) is 113 Å². The maximum Gasteiger partial charge on any atom is 0.239 e. The summed E-state index contributed by atoms with van der Waals surface area (Å²) >= 11 is 0. The van der Waals surface area contributed by atoms with Crippen LogP contribution in [-0.4, -0.2) is 91.2 Å². The fourth-order valence-electron chi connectivity index (χ4n) is 5.59. The van der Waals surface area contributed by atoms with Crippen LogP contribution in [0.2, 0.25) is 0 Å². The predicted molar refractivity (Wildman–Crippen MR) is 173 cm³/mol. The molecule has 1 aliphatic rings. The van der Waals surface area contributed by atoms with Gasteiger partial charge < -0.3 is 19.6 Å². The van der Waals surface area contributed by atoms with Crippen LogP contribution < -0.4 is 19.6 Å². The van der Waals surface area contributed by atoms with E-state index in [1.165, 1.54) is 0 Å². The number of benzene rings is 2. The second kappa shape index (κ2) is 11.0. The van der Waals surface area contributed by atoms with Gasteiger partial charge in [0.1, 0.15) is 6.33 Å². The minimum atomic E-state index is 0.565. The first-order chi connectivity index (χ1) is 20.2. The summed E-state index contributed by atoms with van der Waals surface area (Å²) in [4.78, 5) is 34.9. The van der Waals surface area contributed by atoms with E-state index in [1.807, 2.05) is 13.8 Å². The van der Waals surface area contributed by atoms with Gasteiger partial charge in [0, 0.05) is 99.3 Å². The number of fused-ring (bicyclic) bond motifs is 2. The van der Waals surface area contributed by atoms with E-state index in [0.717, 1.165) is 82.1 Å². The molecule has 0 radical (unpaired) electrons. The molecule has 10 nitrogen and oxygen atoms in total. The first-order valence-electron chi connectivity index (χ1n) is 14.3. The van der Waals surface area contributed by atoms with Gasteiger partial charge in [-0.05, 0) is 69.4 Å². The molecule has 0 N–H and O–H groups in total. The molecule has 0 aliphatic carbocycles. The standard InChI is InChI=1S/C32H38N10/c1-21-16-29(38(3)4)25-18-23(8-10-27(25)35-21)42(32-34-20-33-31(37-32)41-14-12-40(7)13-15-41)24-9-11-28-26(19-24)30(39(5)6)17-22(2)36-28/h8-11,16-20H,12-15H2,1-7H3. The predicted octanol–water partition coefficient (Wildman–Crippen LogP) is 4.94. The Morgan fingerprint density at radius 2 is 1.17 bits per heavy atom. The van der Waals surface area contributed by atoms with Gasteiger partial charge in [0.05, 0.1) is 11.0 Å². The molecular weight excluding hydrogens is 524 g/mol. The van der Waals surface area contributed by atoms with Gasteiger partial charge in [-0.3, -0.25) is 14.9 Å². The summed E-state index contributed by atoms with van der Waals surface area (Å²) in [6, 6.07) is 17.0. The van der Waals surface area contributed by atoms with Gasteiger partial charge in [0.2, 0.25) is 11.9 Å². The maximum atomic E-state index is 5.04. The summed E-state index contributed by atoms with van der Waals surface area (Å²) < 4.78 is 0. The van der Waals surface area contributed by atoms with Crippen LogP contribution >= 0.6 is 0 Å². The zero-order chi connectivity index (χ0) is 29.5. The van der Waals surface area contributed by atoms with Crippen LogP contribution in [0.25, 0.3) is 21.8 Å². The summed E-state index contributed by atoms with van der Waals surface area (Å²) in [5.41, 5.74) is 7.98. The molecule has 10 heteroatoms. The molecule has 0 atom stereocenters. The zero-order valence-corrected chi connectivity index (χ0v) is 25.5. The Morgan fingerprint density at radius 1 is 0.643 bits per heavy atom. The second-order valence-corrected chi connectivity index (χ2v) is 11.5. The molecule has 0 spiro atoms. The van der Waals surface area contributed by atoms with Gasteiger partial charge in [-0.25, -0.2) is 9.97 Å². The average molecular weight is 563 g/mol. The summed E-state index contributed by atoms with van der Waals surface area (Å²) in [5, 5.41) is 2.13. The lowest BCUT2D eigenvalue weighted by molar-refractivity contribution is 0.311. The molecule has 3 aromatic heterocycles. The molecule has 2 aromatic carbocycles. The fraction of sp³-hybridized carbons (Fsp3) is 0.344. The molecule has 6 rings (SSSR count). The normalized spacial score (nSPS) is 14.0. The Balaban J connectivity index is 1.55. The minimum absolute atomic E-state index is 0.565. The molecule has 0 saturated carbocycles. The molecule has 1 saturated heterocycles. The number of anilines is 6. The molecule has 5 aromatic rings. The second-order valence-electron chi connectivity index (χ2n) is 11.5. The number of aromatic nitrogens is 5. The average Bonchev–Trinajstić information content (AvgIpc) is 2.97. The number of aryl methyl sites for hydroxylation is 2. The smallest absolute Gasteiger partial charge is 0.239 e. The van der Waals surface area contributed by atoms with Gasteiger partial charge >= 0.3 is 0 Å². The van der Waals surface area contributed by atoms with Gasteiger partial charge in [0.15, 0.2) is 0 Å². The van der Waals surface area contributed by atoms with E-state index in [-0.39, 0.29) is 0 Å². The highest BCUT2D eigenvalue weighted by atomic mass is 15.4. The maximum absolute atomic E-state index is 5.04. The summed E-state index contributed by atoms with van der Waals surface area (Å²) in [5.74, 6) is 1.26. The van der Waals surface area contributed by atoms with Gasteiger partial charge in [-0.15, -0.1) is 0 Å². The van der Waals surface area contributed by atoms with E-state index in [4.69, 9.17) is 19.9 Å². The number of hydrogen-bond acceptors (Lipinski definition) is 10. The van der Waals surface area contributed by atoms with Crippen LogP contribution in [0.3, 0.4) is 0 Å². The summed E-state index contributed by atoms with van der Waals surface area (Å²) in [7, 11) is 10.4. The molecule has 0 unspecified atom stereocenters. The van der Waals surface area contributed by atoms with Crippen molar-refractivity contribution in [2.24, 2.45) is 0 Å². The molecular formula is C32H38N10. The monoisotopic (exact) mass is 562 g/mol. The number of rotatable bonds is 6. The van der Waals surface area contributed by atoms with Crippen LogP contribution in [0, 0.1) is 13.8 Å². The zero-order valence-electron chi connectivity index (χ0n) is 25.5. The SMILES string of the molecule is Cc1cc(N(C)C)c2cc(N(c3ccc4nc(C)cc(N(C)C)c4c3)c3ncnc(N4CCN(C)CC4)n3)ccc2n1. The van der Waals surface area contributed by atoms with Gasteiger partial charge in [0.25, 0.3) is 0 Å². The highest BCUT2D eigenvalue weighted by molar-refractivity contribution is 5.98. The Hall–Kier alpha value is -4.57. The minimum Gasteiger partial charge on any atom is -0.377 e. The Morgan fingerprint density at radius 3 is 1.67 bits per heavy atom. The van der Waals surface area contributed by atoms with E-state index in [0.29, 0.717) is 11.9 Å². The first-order valence-corrected chi connectivity index (χ1v) is 14.3. The third-order valence-corrected chi connectivity index (χ3v) is 7.81. The van der Waals surface area contributed by atoms with Crippen LogP contribution in [0.5, 0.6) is 0 Å². The number of likely N-dealkylation sites (N-methyl/N-ethyl adjacent to an activating group) is 1. The summed E-state index contributed by atoms with van der Waals surface area (Å²) in [6.45, 7) is 7.76. The largest absolute Gasteiger partial charge is 0.377 e. The van der Waals surface area contributed by atoms with Crippen LogP contribution in [-0.2, 0) is 0 Å². The van der Waals surface area contributed by atoms with Crippen LogP contribution in [0.15, 0.2) is 54.9 Å². The number of hydrogen-bond donors (Lipinski definition) is 0. The number of nitrogens with zero attached hydrogens (tertiary/aromatic N) is 10. The summed E-state index contributed by atoms with van der Waals surface area (Å²) in [6.07, 6.45) is 1.62. The van der Waals surface area contributed by atoms with Crippen molar-refractivity contribution in [3.63, 3.8) is 0 Å². The Bertz CT molecular complexity index is 1660. The van der Waals surface area contributed by atoms with E-state index < -0.39 is 0 Å². The van der Waals surface area contributed by atoms with Crippen molar-refractivity contribution in [1.82, 2.24) is 29.8 Å². The third-order valence-electron chi connectivity index (χ3n) is 7.81. The van der Waals surface area contributed by atoms with Crippen LogP contribution in [0.1, 0.15) is 11.4 Å². The van der Waals surface area contributed by atoms with Gasteiger partial charge in [-0.1, -0.05) is 0 Å². The van der Waals surface area contributed by atoms with Crippen molar-refractivity contribution in [3.05, 3.63) is 66.2 Å².